The molecule has 0 unspecified atom stereocenters. The van der Waals surface area contributed by atoms with Gasteiger partial charge in [-0.15, -0.1) is 12.4 Å². The standard InChI is InChI=1S/C26H26N4O.ClH/c1-2-9-19(10-3-1)25-26(29-23-13-7-6-12-22(23)28-25)31-20-16-30(17-20)24-15-14-18-8-4-5-11-21(18)27-24;/h4-8,11-15,19-20H,1-3,9-10,16-17H2;1H. The summed E-state index contributed by atoms with van der Waals surface area (Å²) in [5.41, 5.74) is 3.96. The van der Waals surface area contributed by atoms with Crippen molar-refractivity contribution >= 4 is 40.2 Å². The Hall–Kier alpha value is -2.92. The van der Waals surface area contributed by atoms with E-state index in [1.165, 1.54) is 37.5 Å². The van der Waals surface area contributed by atoms with Gasteiger partial charge < -0.3 is 9.64 Å². The minimum Gasteiger partial charge on any atom is -0.469 e. The summed E-state index contributed by atoms with van der Waals surface area (Å²) in [6.45, 7) is 1.65. The van der Waals surface area contributed by atoms with E-state index in [1.807, 2.05) is 30.3 Å². The van der Waals surface area contributed by atoms with Crippen LogP contribution in [0.5, 0.6) is 5.88 Å². The van der Waals surface area contributed by atoms with Crippen LogP contribution in [-0.4, -0.2) is 34.1 Å². The summed E-state index contributed by atoms with van der Waals surface area (Å²) >= 11 is 0. The third-order valence-electron chi connectivity index (χ3n) is 6.59. The summed E-state index contributed by atoms with van der Waals surface area (Å²) in [6, 6.07) is 20.6. The quantitative estimate of drug-likeness (QED) is 0.389. The maximum atomic E-state index is 6.44. The van der Waals surface area contributed by atoms with Crippen molar-refractivity contribution < 1.29 is 4.74 Å². The first-order valence-electron chi connectivity index (χ1n) is 11.4. The Labute approximate surface area is 194 Å². The molecule has 2 aliphatic rings. The van der Waals surface area contributed by atoms with Gasteiger partial charge in [0, 0.05) is 11.3 Å². The zero-order chi connectivity index (χ0) is 20.6. The fraction of sp³-hybridized carbons (Fsp3) is 0.346. The summed E-state index contributed by atoms with van der Waals surface area (Å²) in [5, 5.41) is 1.17. The van der Waals surface area contributed by atoms with E-state index in [1.54, 1.807) is 0 Å². The maximum absolute atomic E-state index is 6.44. The van der Waals surface area contributed by atoms with Crippen LogP contribution in [0.2, 0.25) is 0 Å². The molecule has 32 heavy (non-hydrogen) atoms. The van der Waals surface area contributed by atoms with Crippen LogP contribution >= 0.6 is 12.4 Å². The summed E-state index contributed by atoms with van der Waals surface area (Å²) < 4.78 is 6.44. The van der Waals surface area contributed by atoms with Crippen molar-refractivity contribution in [3.63, 3.8) is 0 Å². The van der Waals surface area contributed by atoms with Crippen LogP contribution in [0.1, 0.15) is 43.7 Å². The Morgan fingerprint density at radius 3 is 2.19 bits per heavy atom. The minimum atomic E-state index is 0. The van der Waals surface area contributed by atoms with Gasteiger partial charge in [-0.3, -0.25) is 0 Å². The number of anilines is 1. The number of para-hydroxylation sites is 3. The number of hydrogen-bond acceptors (Lipinski definition) is 5. The van der Waals surface area contributed by atoms with E-state index in [0.29, 0.717) is 5.92 Å². The van der Waals surface area contributed by atoms with E-state index in [-0.39, 0.29) is 18.5 Å². The zero-order valence-electron chi connectivity index (χ0n) is 18.0. The van der Waals surface area contributed by atoms with E-state index >= 15 is 0 Å². The lowest BCUT2D eigenvalue weighted by atomic mass is 9.87. The Morgan fingerprint density at radius 2 is 1.41 bits per heavy atom. The van der Waals surface area contributed by atoms with Crippen molar-refractivity contribution in [3.05, 3.63) is 66.4 Å². The van der Waals surface area contributed by atoms with Gasteiger partial charge in [0.25, 0.3) is 0 Å². The smallest absolute Gasteiger partial charge is 0.236 e. The molecule has 2 aromatic carbocycles. The molecular weight excluding hydrogens is 420 g/mol. The number of aromatic nitrogens is 3. The molecule has 5 nitrogen and oxygen atoms in total. The van der Waals surface area contributed by atoms with Crippen LogP contribution in [0.4, 0.5) is 5.82 Å². The van der Waals surface area contributed by atoms with Gasteiger partial charge in [-0.05, 0) is 43.2 Å². The lowest BCUT2D eigenvalue weighted by molar-refractivity contribution is 0.156. The van der Waals surface area contributed by atoms with Crippen LogP contribution in [-0.2, 0) is 0 Å². The molecule has 0 atom stereocenters. The van der Waals surface area contributed by atoms with Gasteiger partial charge in [0.1, 0.15) is 17.6 Å². The fourth-order valence-electron chi connectivity index (χ4n) is 4.82. The van der Waals surface area contributed by atoms with E-state index in [2.05, 4.69) is 35.2 Å². The molecule has 1 aliphatic heterocycles. The highest BCUT2D eigenvalue weighted by Gasteiger charge is 2.32. The van der Waals surface area contributed by atoms with Gasteiger partial charge in [0.2, 0.25) is 5.88 Å². The highest BCUT2D eigenvalue weighted by atomic mass is 35.5. The van der Waals surface area contributed by atoms with Crippen LogP contribution < -0.4 is 9.64 Å². The van der Waals surface area contributed by atoms with Crippen LogP contribution in [0, 0.1) is 0 Å². The van der Waals surface area contributed by atoms with Crippen molar-refractivity contribution in [2.45, 2.75) is 44.1 Å². The SMILES string of the molecule is Cl.c1ccc2nc(N3CC(Oc4nc5ccccc5nc4C4CCCCC4)C3)ccc2c1. The average molecular weight is 447 g/mol. The van der Waals surface area contributed by atoms with Gasteiger partial charge in [0.05, 0.1) is 29.6 Å². The summed E-state index contributed by atoms with van der Waals surface area (Å²) in [6.07, 6.45) is 6.34. The molecular formula is C26H27ClN4O. The van der Waals surface area contributed by atoms with E-state index in [4.69, 9.17) is 19.7 Å². The van der Waals surface area contributed by atoms with Crippen molar-refractivity contribution in [2.75, 3.05) is 18.0 Å². The molecule has 1 aliphatic carbocycles. The molecule has 4 aromatic rings. The number of rotatable bonds is 4. The lowest BCUT2D eigenvalue weighted by Crippen LogP contribution is -2.54. The number of ether oxygens (including phenoxy) is 1. The number of pyridine rings is 1. The van der Waals surface area contributed by atoms with Gasteiger partial charge in [-0.25, -0.2) is 15.0 Å². The molecule has 6 rings (SSSR count). The van der Waals surface area contributed by atoms with Crippen LogP contribution in [0.3, 0.4) is 0 Å². The molecule has 164 valence electrons. The van der Waals surface area contributed by atoms with Crippen molar-refractivity contribution in [1.82, 2.24) is 15.0 Å². The molecule has 1 saturated carbocycles. The summed E-state index contributed by atoms with van der Waals surface area (Å²) in [4.78, 5) is 17.0. The van der Waals surface area contributed by atoms with Gasteiger partial charge >= 0.3 is 0 Å². The largest absolute Gasteiger partial charge is 0.469 e. The summed E-state index contributed by atoms with van der Waals surface area (Å²) in [7, 11) is 0. The van der Waals surface area contributed by atoms with E-state index in [9.17, 15) is 0 Å². The monoisotopic (exact) mass is 446 g/mol. The number of halogens is 1. The fourth-order valence-corrected chi connectivity index (χ4v) is 4.82. The Balaban J connectivity index is 0.00000216. The molecule has 1 saturated heterocycles. The molecule has 0 radical (unpaired) electrons. The normalized spacial score (nSPS) is 17.2. The molecule has 0 N–H and O–H groups in total. The molecule has 6 heteroatoms. The topological polar surface area (TPSA) is 51.1 Å². The molecule has 2 aromatic heterocycles. The zero-order valence-corrected chi connectivity index (χ0v) is 18.8. The average Bonchev–Trinajstić information content (AvgIpc) is 2.81. The predicted molar refractivity (Wildman–Crippen MR) is 131 cm³/mol. The molecule has 3 heterocycles. The second kappa shape index (κ2) is 8.91. The van der Waals surface area contributed by atoms with E-state index < -0.39 is 0 Å². The number of benzene rings is 2. The molecule has 0 bridgehead atoms. The Bertz CT molecular complexity index is 1230. The first-order valence-corrected chi connectivity index (χ1v) is 11.4. The van der Waals surface area contributed by atoms with Crippen molar-refractivity contribution in [2.24, 2.45) is 0 Å². The van der Waals surface area contributed by atoms with Crippen LogP contribution in [0.25, 0.3) is 21.9 Å². The third-order valence-corrected chi connectivity index (χ3v) is 6.59. The van der Waals surface area contributed by atoms with Crippen molar-refractivity contribution in [3.8, 4) is 5.88 Å². The van der Waals surface area contributed by atoms with Gasteiger partial charge in [0.15, 0.2) is 0 Å². The molecule has 0 amide bonds. The van der Waals surface area contributed by atoms with Crippen LogP contribution in [0.15, 0.2) is 60.7 Å². The highest BCUT2D eigenvalue weighted by molar-refractivity contribution is 5.85. The number of hydrogen-bond donors (Lipinski definition) is 0. The summed E-state index contributed by atoms with van der Waals surface area (Å²) in [5.74, 6) is 2.21. The Kier molecular flexibility index (Phi) is 5.83. The number of nitrogens with zero attached hydrogens (tertiary/aromatic N) is 4. The minimum absolute atomic E-state index is 0. The maximum Gasteiger partial charge on any atom is 0.236 e. The second-order valence-electron chi connectivity index (χ2n) is 8.74. The van der Waals surface area contributed by atoms with Gasteiger partial charge in [-0.2, -0.15) is 0 Å². The van der Waals surface area contributed by atoms with E-state index in [0.717, 1.165) is 47.0 Å². The Morgan fingerprint density at radius 1 is 0.719 bits per heavy atom. The molecule has 2 fully saturated rings. The number of fused-ring (bicyclic) bond motifs is 2. The second-order valence-corrected chi connectivity index (χ2v) is 8.74. The third kappa shape index (κ3) is 3.97. The van der Waals surface area contributed by atoms with Gasteiger partial charge in [-0.1, -0.05) is 49.6 Å². The molecule has 0 spiro atoms. The van der Waals surface area contributed by atoms with Crippen molar-refractivity contribution in [1.29, 1.82) is 0 Å². The first kappa shape index (κ1) is 21.0. The lowest BCUT2D eigenvalue weighted by Gasteiger charge is -2.40. The first-order chi connectivity index (χ1) is 15.3. The highest BCUT2D eigenvalue weighted by Crippen LogP contribution is 2.37. The predicted octanol–water partition coefficient (Wildman–Crippen LogP) is 5.92.